The highest BCUT2D eigenvalue weighted by Gasteiger charge is 2.22. The van der Waals surface area contributed by atoms with E-state index in [2.05, 4.69) is 10.3 Å². The summed E-state index contributed by atoms with van der Waals surface area (Å²) in [6, 6.07) is 9.67. The molecule has 25 heavy (non-hydrogen) atoms. The fourth-order valence-corrected chi connectivity index (χ4v) is 3.40. The van der Waals surface area contributed by atoms with Gasteiger partial charge in [-0.15, -0.1) is 0 Å². The molecule has 0 unspecified atom stereocenters. The topological polar surface area (TPSA) is 63.7 Å². The third-order valence-electron chi connectivity index (χ3n) is 4.78. The van der Waals surface area contributed by atoms with Crippen LogP contribution in [0.1, 0.15) is 23.2 Å². The van der Waals surface area contributed by atoms with Gasteiger partial charge in [0.15, 0.2) is 0 Å². The van der Waals surface area contributed by atoms with Gasteiger partial charge < -0.3 is 19.7 Å². The smallest absolute Gasteiger partial charge is 0.254 e. The van der Waals surface area contributed by atoms with Gasteiger partial charge in [-0.05, 0) is 25.0 Å². The lowest BCUT2D eigenvalue weighted by Crippen LogP contribution is -2.40. The van der Waals surface area contributed by atoms with Crippen molar-refractivity contribution in [2.45, 2.75) is 18.9 Å². The molecule has 0 radical (unpaired) electrons. The van der Waals surface area contributed by atoms with E-state index >= 15 is 0 Å². The van der Waals surface area contributed by atoms with Gasteiger partial charge in [0, 0.05) is 31.6 Å². The molecule has 0 aliphatic carbocycles. The number of morpholine rings is 1. The van der Waals surface area contributed by atoms with Gasteiger partial charge in [0.05, 0.1) is 30.4 Å². The van der Waals surface area contributed by atoms with Crippen LogP contribution in [0.5, 0.6) is 0 Å². The Bertz CT molecular complexity index is 753. The predicted octanol–water partition coefficient (Wildman–Crippen LogP) is 2.30. The molecule has 1 aromatic heterocycles. The molecular weight excluding hydrogens is 318 g/mol. The second-order valence-corrected chi connectivity index (χ2v) is 6.49. The Morgan fingerprint density at radius 1 is 1.24 bits per heavy atom. The van der Waals surface area contributed by atoms with Gasteiger partial charge in [-0.2, -0.15) is 0 Å². The molecule has 2 aromatic rings. The Balaban J connectivity index is 1.62. The number of amides is 1. The lowest BCUT2D eigenvalue weighted by atomic mass is 10.1. The van der Waals surface area contributed by atoms with Crippen LogP contribution < -0.4 is 5.32 Å². The number of rotatable bonds is 4. The minimum Gasteiger partial charge on any atom is -0.378 e. The number of ether oxygens (including phenoxy) is 2. The molecule has 1 aromatic carbocycles. The summed E-state index contributed by atoms with van der Waals surface area (Å²) >= 11 is 0. The van der Waals surface area contributed by atoms with Crippen LogP contribution in [0, 0.1) is 0 Å². The van der Waals surface area contributed by atoms with Gasteiger partial charge in [0.1, 0.15) is 5.82 Å². The Hall–Kier alpha value is -2.18. The molecule has 0 saturated carbocycles. The number of carbonyl (C=O) groups is 1. The van der Waals surface area contributed by atoms with Crippen molar-refractivity contribution in [1.82, 2.24) is 9.88 Å². The van der Waals surface area contributed by atoms with E-state index in [1.807, 2.05) is 35.2 Å². The summed E-state index contributed by atoms with van der Waals surface area (Å²) in [4.78, 5) is 19.5. The first-order valence-electron chi connectivity index (χ1n) is 8.93. The quantitative estimate of drug-likeness (QED) is 0.924. The summed E-state index contributed by atoms with van der Waals surface area (Å²) < 4.78 is 11.0. The molecule has 1 N–H and O–H groups in total. The first-order valence-corrected chi connectivity index (χ1v) is 8.93. The maximum absolute atomic E-state index is 13.0. The normalized spacial score (nSPS) is 20.8. The molecule has 132 valence electrons. The summed E-state index contributed by atoms with van der Waals surface area (Å²) in [5.41, 5.74) is 1.53. The van der Waals surface area contributed by atoms with Gasteiger partial charge in [-0.1, -0.05) is 18.2 Å². The number of anilines is 1. The number of para-hydroxylation sites is 1. The molecule has 6 heteroatoms. The maximum Gasteiger partial charge on any atom is 0.254 e. The Morgan fingerprint density at radius 2 is 2.08 bits per heavy atom. The molecule has 6 nitrogen and oxygen atoms in total. The monoisotopic (exact) mass is 341 g/mol. The Morgan fingerprint density at radius 3 is 2.88 bits per heavy atom. The van der Waals surface area contributed by atoms with E-state index < -0.39 is 0 Å². The summed E-state index contributed by atoms with van der Waals surface area (Å²) in [7, 11) is 0. The molecule has 4 rings (SSSR count). The number of hydrogen-bond acceptors (Lipinski definition) is 5. The van der Waals surface area contributed by atoms with Crippen LogP contribution in [0.25, 0.3) is 10.9 Å². The fourth-order valence-electron chi connectivity index (χ4n) is 3.40. The summed E-state index contributed by atoms with van der Waals surface area (Å²) in [6.07, 6.45) is 2.41. The van der Waals surface area contributed by atoms with E-state index in [0.717, 1.165) is 42.7 Å². The van der Waals surface area contributed by atoms with E-state index in [1.165, 1.54) is 0 Å². The van der Waals surface area contributed by atoms with E-state index in [0.29, 0.717) is 31.9 Å². The zero-order chi connectivity index (χ0) is 17.1. The second kappa shape index (κ2) is 7.37. The third-order valence-corrected chi connectivity index (χ3v) is 4.78. The van der Waals surface area contributed by atoms with Crippen molar-refractivity contribution in [2.24, 2.45) is 0 Å². The van der Waals surface area contributed by atoms with Gasteiger partial charge in [0.25, 0.3) is 5.91 Å². The molecule has 0 bridgehead atoms. The minimum atomic E-state index is 0.0436. The fraction of sp³-hybridized carbons (Fsp3) is 0.474. The van der Waals surface area contributed by atoms with Crippen molar-refractivity contribution in [3.63, 3.8) is 0 Å². The average Bonchev–Trinajstić information content (AvgIpc) is 3.19. The Kier molecular flexibility index (Phi) is 4.81. The summed E-state index contributed by atoms with van der Waals surface area (Å²) in [5, 5.41) is 4.24. The number of aromatic nitrogens is 1. The van der Waals surface area contributed by atoms with Crippen LogP contribution in [0.3, 0.4) is 0 Å². The van der Waals surface area contributed by atoms with Gasteiger partial charge in [-0.3, -0.25) is 4.79 Å². The van der Waals surface area contributed by atoms with E-state index in [9.17, 15) is 4.79 Å². The van der Waals surface area contributed by atoms with Crippen molar-refractivity contribution in [1.29, 1.82) is 0 Å². The van der Waals surface area contributed by atoms with E-state index in [4.69, 9.17) is 9.47 Å². The number of carbonyl (C=O) groups excluding carboxylic acids is 1. The van der Waals surface area contributed by atoms with Crippen LogP contribution in [0.2, 0.25) is 0 Å². The standard InChI is InChI=1S/C19H23N3O3/c23-19(22-7-10-24-11-8-22)16-12-18(20-13-14-4-3-9-25-14)21-17-6-2-1-5-15(16)17/h1-2,5-6,12,14H,3-4,7-11,13H2,(H,20,21)/t14-/m0/s1. The van der Waals surface area contributed by atoms with Crippen LogP contribution in [-0.4, -0.2) is 61.3 Å². The molecule has 2 fully saturated rings. The van der Waals surface area contributed by atoms with Gasteiger partial charge in [-0.25, -0.2) is 4.98 Å². The second-order valence-electron chi connectivity index (χ2n) is 6.49. The van der Waals surface area contributed by atoms with E-state index in [1.54, 1.807) is 0 Å². The van der Waals surface area contributed by atoms with Crippen molar-refractivity contribution < 1.29 is 14.3 Å². The van der Waals surface area contributed by atoms with Crippen molar-refractivity contribution in [3.05, 3.63) is 35.9 Å². The first-order chi connectivity index (χ1) is 12.3. The molecule has 1 atom stereocenters. The van der Waals surface area contributed by atoms with Crippen molar-refractivity contribution in [3.8, 4) is 0 Å². The number of hydrogen-bond donors (Lipinski definition) is 1. The SMILES string of the molecule is O=C(c1cc(NC[C@@H]2CCCO2)nc2ccccc12)N1CCOCC1. The van der Waals surface area contributed by atoms with Crippen LogP contribution in [0.15, 0.2) is 30.3 Å². The van der Waals surface area contributed by atoms with Gasteiger partial charge in [0.2, 0.25) is 0 Å². The highest BCUT2D eigenvalue weighted by molar-refractivity contribution is 6.07. The molecule has 1 amide bonds. The highest BCUT2D eigenvalue weighted by Crippen LogP contribution is 2.23. The van der Waals surface area contributed by atoms with Gasteiger partial charge >= 0.3 is 0 Å². The predicted molar refractivity (Wildman–Crippen MR) is 95.9 cm³/mol. The highest BCUT2D eigenvalue weighted by atomic mass is 16.5. The Labute approximate surface area is 147 Å². The molecule has 2 aliphatic heterocycles. The minimum absolute atomic E-state index is 0.0436. The van der Waals surface area contributed by atoms with Crippen LogP contribution in [0.4, 0.5) is 5.82 Å². The lowest BCUT2D eigenvalue weighted by Gasteiger charge is -2.27. The molecular formula is C19H23N3O3. The lowest BCUT2D eigenvalue weighted by molar-refractivity contribution is 0.0304. The largest absolute Gasteiger partial charge is 0.378 e. The zero-order valence-corrected chi connectivity index (χ0v) is 14.2. The number of fused-ring (bicyclic) bond motifs is 1. The first kappa shape index (κ1) is 16.3. The number of pyridine rings is 1. The van der Waals surface area contributed by atoms with Crippen LogP contribution in [-0.2, 0) is 9.47 Å². The third kappa shape index (κ3) is 3.60. The molecule has 2 aliphatic rings. The summed E-state index contributed by atoms with van der Waals surface area (Å²) in [6.45, 7) is 4.01. The number of benzene rings is 1. The number of nitrogens with zero attached hydrogens (tertiary/aromatic N) is 2. The maximum atomic E-state index is 13.0. The number of nitrogens with one attached hydrogen (secondary N) is 1. The van der Waals surface area contributed by atoms with Crippen LogP contribution >= 0.6 is 0 Å². The van der Waals surface area contributed by atoms with Crippen molar-refractivity contribution >= 4 is 22.6 Å². The average molecular weight is 341 g/mol. The van der Waals surface area contributed by atoms with Crippen molar-refractivity contribution in [2.75, 3.05) is 44.8 Å². The molecule has 2 saturated heterocycles. The molecule has 3 heterocycles. The summed E-state index contributed by atoms with van der Waals surface area (Å²) in [5.74, 6) is 0.771. The zero-order valence-electron chi connectivity index (χ0n) is 14.2. The molecule has 0 spiro atoms. The van der Waals surface area contributed by atoms with E-state index in [-0.39, 0.29) is 12.0 Å².